The van der Waals surface area contributed by atoms with E-state index in [1.165, 1.54) is 29.5 Å². The van der Waals surface area contributed by atoms with E-state index >= 15 is 0 Å². The number of benzene rings is 2. The average Bonchev–Trinajstić information content (AvgIpc) is 2.61. The molecule has 1 aliphatic rings. The Morgan fingerprint density at radius 3 is 2.83 bits per heavy atom. The van der Waals surface area contributed by atoms with E-state index in [2.05, 4.69) is 16.4 Å². The zero-order valence-corrected chi connectivity index (χ0v) is 14.6. The third kappa shape index (κ3) is 4.85. The van der Waals surface area contributed by atoms with Crippen molar-refractivity contribution in [1.82, 2.24) is 5.32 Å². The number of carbonyl (C=O) groups is 1. The van der Waals surface area contributed by atoms with Crippen molar-refractivity contribution in [3.05, 3.63) is 65.5 Å². The van der Waals surface area contributed by atoms with Crippen LogP contribution in [0.1, 0.15) is 11.1 Å². The van der Waals surface area contributed by atoms with Crippen molar-refractivity contribution in [3.63, 3.8) is 0 Å². The number of nitrogens with zero attached hydrogens (tertiary/aromatic N) is 1. The molecule has 6 heteroatoms. The van der Waals surface area contributed by atoms with Crippen molar-refractivity contribution in [2.45, 2.75) is 12.2 Å². The highest BCUT2D eigenvalue weighted by Gasteiger charge is 2.13. The molecule has 0 fully saturated rings. The van der Waals surface area contributed by atoms with Crippen LogP contribution in [0.5, 0.6) is 0 Å². The Morgan fingerprint density at radius 1 is 1.21 bits per heavy atom. The molecule has 2 aromatic carbocycles. The second-order valence-corrected chi connectivity index (χ2v) is 7.50. The van der Waals surface area contributed by atoms with Crippen molar-refractivity contribution in [3.8, 4) is 0 Å². The second kappa shape index (κ2) is 8.35. The number of hydrogen-bond donors (Lipinski definition) is 1. The normalized spacial score (nSPS) is 13.1. The van der Waals surface area contributed by atoms with Crippen molar-refractivity contribution in [1.29, 1.82) is 0 Å². The van der Waals surface area contributed by atoms with E-state index < -0.39 is 0 Å². The fourth-order valence-electron chi connectivity index (χ4n) is 2.26. The molecule has 0 saturated heterocycles. The highest BCUT2D eigenvalue weighted by molar-refractivity contribution is 8.38. The van der Waals surface area contributed by atoms with Crippen LogP contribution < -0.4 is 5.32 Å². The SMILES string of the molecule is O=C(CSC1=Nc2ccccc2CS1)NCCc1ccc(F)cc1. The van der Waals surface area contributed by atoms with Crippen LogP contribution >= 0.6 is 23.5 Å². The van der Waals surface area contributed by atoms with Gasteiger partial charge in [-0.3, -0.25) is 4.79 Å². The smallest absolute Gasteiger partial charge is 0.230 e. The lowest BCUT2D eigenvalue weighted by atomic mass is 10.1. The first-order valence-corrected chi connectivity index (χ1v) is 9.61. The van der Waals surface area contributed by atoms with Crippen LogP contribution in [0.15, 0.2) is 53.5 Å². The molecule has 0 spiro atoms. The van der Waals surface area contributed by atoms with E-state index in [9.17, 15) is 9.18 Å². The largest absolute Gasteiger partial charge is 0.355 e. The van der Waals surface area contributed by atoms with Gasteiger partial charge in [-0.1, -0.05) is 53.9 Å². The van der Waals surface area contributed by atoms with Crippen LogP contribution in [0.2, 0.25) is 0 Å². The van der Waals surface area contributed by atoms with Gasteiger partial charge in [-0.15, -0.1) is 0 Å². The van der Waals surface area contributed by atoms with E-state index in [-0.39, 0.29) is 11.7 Å². The molecule has 0 aliphatic carbocycles. The number of carbonyl (C=O) groups excluding carboxylic acids is 1. The van der Waals surface area contributed by atoms with Gasteiger partial charge in [-0.2, -0.15) is 0 Å². The van der Waals surface area contributed by atoms with Gasteiger partial charge in [-0.05, 0) is 35.7 Å². The summed E-state index contributed by atoms with van der Waals surface area (Å²) < 4.78 is 13.8. The standard InChI is InChI=1S/C18H17FN2OS2/c19-15-7-5-13(6-8-15)9-10-20-17(22)12-24-18-21-16-4-2-1-3-14(16)11-23-18/h1-8H,9-12H2,(H,20,22). The first kappa shape index (κ1) is 17.0. The van der Waals surface area contributed by atoms with E-state index in [0.717, 1.165) is 21.4 Å². The Bertz CT molecular complexity index is 747. The fourth-order valence-corrected chi connectivity index (χ4v) is 4.15. The van der Waals surface area contributed by atoms with Gasteiger partial charge >= 0.3 is 0 Å². The molecular formula is C18H17FN2OS2. The Labute approximate surface area is 149 Å². The molecule has 0 saturated carbocycles. The summed E-state index contributed by atoms with van der Waals surface area (Å²) in [5.74, 6) is 1.00. The first-order valence-electron chi connectivity index (χ1n) is 7.64. The predicted molar refractivity (Wildman–Crippen MR) is 100 cm³/mol. The lowest BCUT2D eigenvalue weighted by molar-refractivity contribution is -0.118. The van der Waals surface area contributed by atoms with Crippen molar-refractivity contribution in [2.75, 3.05) is 12.3 Å². The Hall–Kier alpha value is -1.79. The van der Waals surface area contributed by atoms with Gasteiger partial charge in [-0.25, -0.2) is 9.38 Å². The van der Waals surface area contributed by atoms with Crippen LogP contribution in [0.25, 0.3) is 0 Å². The minimum atomic E-state index is -0.244. The summed E-state index contributed by atoms with van der Waals surface area (Å²) in [7, 11) is 0. The van der Waals surface area contributed by atoms with Crippen LogP contribution in [0.4, 0.5) is 10.1 Å². The molecule has 1 heterocycles. The highest BCUT2D eigenvalue weighted by Crippen LogP contribution is 2.34. The lowest BCUT2D eigenvalue weighted by Crippen LogP contribution is -2.27. The minimum Gasteiger partial charge on any atom is -0.355 e. The molecule has 0 bridgehead atoms. The molecule has 3 rings (SSSR count). The monoisotopic (exact) mass is 360 g/mol. The fraction of sp³-hybridized carbons (Fsp3) is 0.222. The summed E-state index contributed by atoms with van der Waals surface area (Å²) >= 11 is 3.14. The molecule has 1 aliphatic heterocycles. The molecule has 124 valence electrons. The number of hydrogen-bond acceptors (Lipinski definition) is 4. The topological polar surface area (TPSA) is 41.5 Å². The summed E-state index contributed by atoms with van der Waals surface area (Å²) in [5.41, 5.74) is 3.24. The lowest BCUT2D eigenvalue weighted by Gasteiger charge is -2.14. The summed E-state index contributed by atoms with van der Waals surface area (Å²) in [6, 6.07) is 14.4. The summed E-state index contributed by atoms with van der Waals surface area (Å²) in [4.78, 5) is 16.5. The van der Waals surface area contributed by atoms with Crippen molar-refractivity contribution >= 4 is 39.5 Å². The number of rotatable bonds is 5. The number of amides is 1. The van der Waals surface area contributed by atoms with Crippen LogP contribution in [-0.4, -0.2) is 22.6 Å². The number of nitrogens with one attached hydrogen (secondary N) is 1. The van der Waals surface area contributed by atoms with Crippen molar-refractivity contribution in [2.24, 2.45) is 4.99 Å². The Balaban J connectivity index is 1.41. The number of para-hydroxylation sites is 1. The summed E-state index contributed by atoms with van der Waals surface area (Å²) in [5, 5.41) is 2.89. The second-order valence-electron chi connectivity index (χ2n) is 5.31. The Kier molecular flexibility index (Phi) is 5.93. The quantitative estimate of drug-likeness (QED) is 0.871. The number of halogens is 1. The minimum absolute atomic E-state index is 0.00993. The molecule has 24 heavy (non-hydrogen) atoms. The zero-order chi connectivity index (χ0) is 16.8. The van der Waals surface area contributed by atoms with Crippen LogP contribution in [-0.2, 0) is 17.0 Å². The summed E-state index contributed by atoms with van der Waals surface area (Å²) in [6.07, 6.45) is 0.694. The first-order chi connectivity index (χ1) is 11.7. The molecule has 3 nitrogen and oxygen atoms in total. The van der Waals surface area contributed by atoms with Gasteiger partial charge in [0.25, 0.3) is 0 Å². The molecule has 0 radical (unpaired) electrons. The maximum Gasteiger partial charge on any atom is 0.230 e. The number of aliphatic imine (C=N–C) groups is 1. The maximum atomic E-state index is 12.8. The third-order valence-corrected chi connectivity index (χ3v) is 5.78. The van der Waals surface area contributed by atoms with Crippen LogP contribution in [0.3, 0.4) is 0 Å². The van der Waals surface area contributed by atoms with Crippen molar-refractivity contribution < 1.29 is 9.18 Å². The third-order valence-electron chi connectivity index (χ3n) is 3.53. The highest BCUT2D eigenvalue weighted by atomic mass is 32.2. The van der Waals surface area contributed by atoms with Gasteiger partial charge in [0, 0.05) is 12.3 Å². The van der Waals surface area contributed by atoms with E-state index in [1.807, 2.05) is 18.2 Å². The van der Waals surface area contributed by atoms with Gasteiger partial charge in [0.1, 0.15) is 10.2 Å². The summed E-state index contributed by atoms with van der Waals surface area (Å²) in [6.45, 7) is 0.549. The molecular weight excluding hydrogens is 343 g/mol. The van der Waals surface area contributed by atoms with E-state index in [0.29, 0.717) is 18.7 Å². The van der Waals surface area contributed by atoms with Gasteiger partial charge < -0.3 is 5.32 Å². The number of thioether (sulfide) groups is 2. The molecule has 1 N–H and O–H groups in total. The van der Waals surface area contributed by atoms with E-state index in [1.54, 1.807) is 23.9 Å². The van der Waals surface area contributed by atoms with Gasteiger partial charge in [0.2, 0.25) is 5.91 Å². The molecule has 0 atom stereocenters. The maximum absolute atomic E-state index is 12.8. The van der Waals surface area contributed by atoms with Crippen LogP contribution in [0, 0.1) is 5.82 Å². The molecule has 2 aromatic rings. The van der Waals surface area contributed by atoms with Gasteiger partial charge in [0.15, 0.2) is 0 Å². The van der Waals surface area contributed by atoms with Gasteiger partial charge in [0.05, 0.1) is 11.4 Å². The average molecular weight is 360 g/mol. The molecule has 0 unspecified atom stereocenters. The zero-order valence-electron chi connectivity index (χ0n) is 13.0. The van der Waals surface area contributed by atoms with E-state index in [4.69, 9.17) is 0 Å². The number of fused-ring (bicyclic) bond motifs is 1. The molecule has 0 aromatic heterocycles. The molecule has 1 amide bonds. The Morgan fingerprint density at radius 2 is 2.00 bits per heavy atom. The predicted octanol–water partition coefficient (Wildman–Crippen LogP) is 4.15.